The summed E-state index contributed by atoms with van der Waals surface area (Å²) in [5, 5.41) is 8.78. The number of carbonyl (C=O) groups is 1. The van der Waals surface area contributed by atoms with Crippen LogP contribution in [-0.4, -0.2) is 49.0 Å². The van der Waals surface area contributed by atoms with E-state index in [0.29, 0.717) is 18.7 Å². The Bertz CT molecular complexity index is 1130. The van der Waals surface area contributed by atoms with E-state index in [2.05, 4.69) is 49.9 Å². The Morgan fingerprint density at radius 1 is 0.970 bits per heavy atom. The summed E-state index contributed by atoms with van der Waals surface area (Å²) in [6, 6.07) is 15.2. The molecule has 0 bridgehead atoms. The molecule has 2 unspecified atom stereocenters. The molecule has 33 heavy (non-hydrogen) atoms. The SMILES string of the molecule is CC1CN(c2ccc(C(C)(C)C)cc2)CC(C)N1S(=O)(=O)[C@@H]1c2ccccc2C[C@@H]1C(=O)O. The number of piperazine rings is 1. The average Bonchev–Trinajstić information content (AvgIpc) is 3.13. The maximum Gasteiger partial charge on any atom is 0.308 e. The molecule has 1 saturated heterocycles. The van der Waals surface area contributed by atoms with E-state index in [1.54, 1.807) is 16.4 Å². The van der Waals surface area contributed by atoms with Crippen molar-refractivity contribution in [3.8, 4) is 0 Å². The van der Waals surface area contributed by atoms with E-state index in [1.165, 1.54) is 5.56 Å². The molecule has 1 aliphatic heterocycles. The van der Waals surface area contributed by atoms with Crippen molar-refractivity contribution in [1.29, 1.82) is 0 Å². The van der Waals surface area contributed by atoms with Gasteiger partial charge in [-0.25, -0.2) is 8.42 Å². The van der Waals surface area contributed by atoms with Crippen LogP contribution in [-0.2, 0) is 26.7 Å². The molecule has 1 N–H and O–H groups in total. The Morgan fingerprint density at radius 2 is 1.55 bits per heavy atom. The summed E-state index contributed by atoms with van der Waals surface area (Å²) in [5.74, 6) is -2.02. The van der Waals surface area contributed by atoms with Gasteiger partial charge in [-0.15, -0.1) is 0 Å². The highest BCUT2D eigenvalue weighted by Gasteiger charge is 2.50. The van der Waals surface area contributed by atoms with Crippen molar-refractivity contribution in [3.63, 3.8) is 0 Å². The predicted molar refractivity (Wildman–Crippen MR) is 131 cm³/mol. The fourth-order valence-corrected chi connectivity index (χ4v) is 8.04. The van der Waals surface area contributed by atoms with E-state index in [4.69, 9.17) is 0 Å². The van der Waals surface area contributed by atoms with Gasteiger partial charge in [-0.05, 0) is 54.5 Å². The van der Waals surface area contributed by atoms with Crippen molar-refractivity contribution >= 4 is 21.7 Å². The number of rotatable bonds is 4. The molecule has 0 saturated carbocycles. The molecule has 178 valence electrons. The van der Waals surface area contributed by atoms with Crippen LogP contribution in [0.15, 0.2) is 48.5 Å². The minimum atomic E-state index is -3.87. The standard InChI is InChI=1S/C26H34N2O4S/c1-17-15-27(21-12-10-20(11-13-21)26(3,4)5)16-18(2)28(17)33(31,32)24-22-9-7-6-8-19(22)14-23(24)25(29)30/h6-13,17-18,23-24H,14-16H2,1-5H3,(H,29,30)/t17?,18?,23-,24+/m0/s1. The third-order valence-corrected chi connectivity index (χ3v) is 9.57. The predicted octanol–water partition coefficient (Wildman–Crippen LogP) is 4.21. The molecule has 7 heteroatoms. The molecule has 2 aromatic rings. The number of hydrogen-bond acceptors (Lipinski definition) is 4. The maximum absolute atomic E-state index is 13.9. The lowest BCUT2D eigenvalue weighted by atomic mass is 9.87. The van der Waals surface area contributed by atoms with Gasteiger partial charge in [0.15, 0.2) is 0 Å². The van der Waals surface area contributed by atoms with E-state index in [9.17, 15) is 18.3 Å². The van der Waals surface area contributed by atoms with Gasteiger partial charge in [-0.1, -0.05) is 57.2 Å². The molecule has 1 heterocycles. The minimum absolute atomic E-state index is 0.0736. The zero-order valence-corrected chi connectivity index (χ0v) is 20.8. The van der Waals surface area contributed by atoms with Gasteiger partial charge in [0.05, 0.1) is 5.92 Å². The summed E-state index contributed by atoms with van der Waals surface area (Å²) in [5.41, 5.74) is 3.85. The molecule has 1 aliphatic carbocycles. The van der Waals surface area contributed by atoms with Crippen LogP contribution in [0.1, 0.15) is 56.6 Å². The second kappa shape index (κ2) is 8.44. The van der Waals surface area contributed by atoms with E-state index in [0.717, 1.165) is 11.3 Å². The molecule has 2 aliphatic rings. The number of aliphatic carboxylic acids is 1. The lowest BCUT2D eigenvalue weighted by Crippen LogP contribution is -2.59. The van der Waals surface area contributed by atoms with Gasteiger partial charge in [0.2, 0.25) is 10.0 Å². The van der Waals surface area contributed by atoms with Gasteiger partial charge in [0.1, 0.15) is 5.25 Å². The highest BCUT2D eigenvalue weighted by Crippen LogP contribution is 2.44. The molecular formula is C26H34N2O4S. The maximum atomic E-state index is 13.9. The number of sulfonamides is 1. The summed E-state index contributed by atoms with van der Waals surface area (Å²) in [4.78, 5) is 14.2. The van der Waals surface area contributed by atoms with Crippen molar-refractivity contribution in [2.45, 2.75) is 63.8 Å². The summed E-state index contributed by atoms with van der Waals surface area (Å²) < 4.78 is 29.4. The summed E-state index contributed by atoms with van der Waals surface area (Å²) >= 11 is 0. The van der Waals surface area contributed by atoms with E-state index >= 15 is 0 Å². The first-order valence-electron chi connectivity index (χ1n) is 11.6. The Morgan fingerprint density at radius 3 is 2.09 bits per heavy atom. The Labute approximate surface area is 197 Å². The van der Waals surface area contributed by atoms with Crippen LogP contribution in [0.4, 0.5) is 5.69 Å². The fraction of sp³-hybridized carbons (Fsp3) is 0.500. The topological polar surface area (TPSA) is 77.9 Å². The van der Waals surface area contributed by atoms with E-state index in [1.807, 2.05) is 26.0 Å². The average molecular weight is 471 g/mol. The number of nitrogens with zero attached hydrogens (tertiary/aromatic N) is 2. The highest BCUT2D eigenvalue weighted by molar-refractivity contribution is 7.89. The van der Waals surface area contributed by atoms with E-state index in [-0.39, 0.29) is 23.9 Å². The normalized spacial score (nSPS) is 26.3. The van der Waals surface area contributed by atoms with Crippen LogP contribution in [0.3, 0.4) is 0 Å². The number of benzene rings is 2. The second-order valence-electron chi connectivity index (χ2n) is 10.5. The lowest BCUT2D eigenvalue weighted by Gasteiger charge is -2.45. The summed E-state index contributed by atoms with van der Waals surface area (Å²) in [6.45, 7) is 11.5. The van der Waals surface area contributed by atoms with Gasteiger partial charge in [-0.2, -0.15) is 4.31 Å². The molecule has 4 rings (SSSR count). The zero-order chi connectivity index (χ0) is 24.1. The molecular weight excluding hydrogens is 436 g/mol. The van der Waals surface area contributed by atoms with Crippen molar-refractivity contribution in [1.82, 2.24) is 4.31 Å². The number of fused-ring (bicyclic) bond motifs is 1. The first-order valence-corrected chi connectivity index (χ1v) is 13.1. The third-order valence-electron chi connectivity index (χ3n) is 7.04. The monoisotopic (exact) mass is 470 g/mol. The molecule has 0 aromatic heterocycles. The molecule has 4 atom stereocenters. The van der Waals surface area contributed by atoms with Gasteiger partial charge < -0.3 is 10.0 Å². The molecule has 0 amide bonds. The minimum Gasteiger partial charge on any atom is -0.481 e. The van der Waals surface area contributed by atoms with Crippen LogP contribution in [0.5, 0.6) is 0 Å². The molecule has 2 aromatic carbocycles. The number of carboxylic acids is 1. The van der Waals surface area contributed by atoms with E-state index < -0.39 is 27.2 Å². The first kappa shape index (κ1) is 23.8. The Balaban J connectivity index is 1.61. The molecule has 0 radical (unpaired) electrons. The highest BCUT2D eigenvalue weighted by atomic mass is 32.2. The van der Waals surface area contributed by atoms with Crippen LogP contribution < -0.4 is 4.90 Å². The van der Waals surface area contributed by atoms with Crippen molar-refractivity contribution < 1.29 is 18.3 Å². The number of anilines is 1. The molecule has 1 fully saturated rings. The lowest BCUT2D eigenvalue weighted by molar-refractivity contribution is -0.141. The summed E-state index contributed by atoms with van der Waals surface area (Å²) in [7, 11) is -3.87. The number of carboxylic acid groups (broad SMARTS) is 1. The summed E-state index contributed by atoms with van der Waals surface area (Å²) in [6.07, 6.45) is 0.248. The first-order chi connectivity index (χ1) is 15.4. The third kappa shape index (κ3) is 4.28. The van der Waals surface area contributed by atoms with Crippen LogP contribution >= 0.6 is 0 Å². The van der Waals surface area contributed by atoms with Crippen molar-refractivity contribution in [2.24, 2.45) is 5.92 Å². The smallest absolute Gasteiger partial charge is 0.308 e. The van der Waals surface area contributed by atoms with Gasteiger partial charge in [0.25, 0.3) is 0 Å². The van der Waals surface area contributed by atoms with Crippen LogP contribution in [0.25, 0.3) is 0 Å². The fourth-order valence-electron chi connectivity index (χ4n) is 5.47. The quantitative estimate of drug-likeness (QED) is 0.724. The Hall–Kier alpha value is -2.38. The zero-order valence-electron chi connectivity index (χ0n) is 20.0. The van der Waals surface area contributed by atoms with Crippen molar-refractivity contribution in [3.05, 3.63) is 65.2 Å². The molecule has 0 spiro atoms. The Kier molecular flexibility index (Phi) is 6.08. The van der Waals surface area contributed by atoms with Crippen LogP contribution in [0, 0.1) is 5.92 Å². The van der Waals surface area contributed by atoms with Gasteiger partial charge in [0, 0.05) is 30.9 Å². The van der Waals surface area contributed by atoms with Gasteiger partial charge in [-0.3, -0.25) is 4.79 Å². The number of hydrogen-bond donors (Lipinski definition) is 1. The molecule has 6 nitrogen and oxygen atoms in total. The van der Waals surface area contributed by atoms with Crippen LogP contribution in [0.2, 0.25) is 0 Å². The van der Waals surface area contributed by atoms with Crippen molar-refractivity contribution in [2.75, 3.05) is 18.0 Å². The second-order valence-corrected chi connectivity index (χ2v) is 12.5. The van der Waals surface area contributed by atoms with Gasteiger partial charge >= 0.3 is 5.97 Å². The largest absolute Gasteiger partial charge is 0.481 e.